The predicted molar refractivity (Wildman–Crippen MR) is 74.1 cm³/mol. The van der Waals surface area contributed by atoms with E-state index in [2.05, 4.69) is 63.7 Å². The predicted octanol–water partition coefficient (Wildman–Crippen LogP) is 4.49. The highest BCUT2D eigenvalue weighted by Gasteiger charge is 2.04. The van der Waals surface area contributed by atoms with Crippen LogP contribution in [-0.4, -0.2) is 7.47 Å². The Labute approximate surface area is 112 Å². The van der Waals surface area contributed by atoms with Crippen molar-refractivity contribution in [1.82, 2.24) is 0 Å². The van der Waals surface area contributed by atoms with Crippen LogP contribution in [0.5, 0.6) is 0 Å². The summed E-state index contributed by atoms with van der Waals surface area (Å²) in [6.07, 6.45) is 0. The van der Waals surface area contributed by atoms with Crippen LogP contribution in [0.25, 0.3) is 0 Å². The van der Waals surface area contributed by atoms with Gasteiger partial charge < -0.3 is 5.73 Å². The molecule has 13 heavy (non-hydrogen) atoms. The van der Waals surface area contributed by atoms with Crippen molar-refractivity contribution < 1.29 is 0 Å². The number of hydrogen-bond donors (Lipinski definition) is 1. The van der Waals surface area contributed by atoms with Crippen molar-refractivity contribution in [3.8, 4) is 0 Å². The van der Waals surface area contributed by atoms with Gasteiger partial charge in [-0.3, -0.25) is 0 Å². The summed E-state index contributed by atoms with van der Waals surface area (Å²) in [4.78, 5) is 0. The Hall–Kier alpha value is 0.940. The number of para-hydroxylation sites is 1. The largest absolute Gasteiger partial charge is 0.399 e. The number of halogens is 4. The topological polar surface area (TPSA) is 26.0 Å². The van der Waals surface area contributed by atoms with Gasteiger partial charge in [0.25, 0.3) is 0 Å². The fourth-order valence-corrected chi connectivity index (χ4v) is 0.453. The Morgan fingerprint density at radius 3 is 1.38 bits per heavy atom. The third kappa shape index (κ3) is 9.25. The molecule has 1 aromatic rings. The van der Waals surface area contributed by atoms with Crippen molar-refractivity contribution in [3.63, 3.8) is 0 Å². The third-order valence-electron chi connectivity index (χ3n) is 0.990. The lowest BCUT2D eigenvalue weighted by atomic mass is 10.3. The second-order valence-corrected chi connectivity index (χ2v) is 8.48. The summed E-state index contributed by atoms with van der Waals surface area (Å²) < 4.78 is 0.620. The van der Waals surface area contributed by atoms with Crippen molar-refractivity contribution in [3.05, 3.63) is 30.3 Å². The number of nitrogen functional groups attached to an aromatic ring is 1. The van der Waals surface area contributed by atoms with Crippen molar-refractivity contribution in [2.75, 3.05) is 5.73 Å². The molecule has 0 aromatic heterocycles. The van der Waals surface area contributed by atoms with Gasteiger partial charge in [0, 0.05) is 5.69 Å². The lowest BCUT2D eigenvalue weighted by Gasteiger charge is -1.96. The van der Waals surface area contributed by atoms with E-state index in [1.165, 1.54) is 0 Å². The quantitative estimate of drug-likeness (QED) is 0.507. The summed E-state index contributed by atoms with van der Waals surface area (Å²) in [6, 6.07) is 9.49. The first-order chi connectivity index (χ1) is 6.04. The molecule has 0 saturated heterocycles. The summed E-state index contributed by atoms with van der Waals surface area (Å²) >= 11 is 13.0. The van der Waals surface area contributed by atoms with Crippen molar-refractivity contribution >= 4 is 69.4 Å². The summed E-state index contributed by atoms with van der Waals surface area (Å²) in [5.41, 5.74) is 6.18. The number of alkyl halides is 4. The molecule has 0 unspecified atom stereocenters. The maximum Gasteiger partial charge on any atom is 0.0920 e. The van der Waals surface area contributed by atoms with Crippen LogP contribution >= 0.6 is 63.7 Å². The molecule has 2 N–H and O–H groups in total. The Kier molecular flexibility index (Phi) is 8.86. The van der Waals surface area contributed by atoms with Gasteiger partial charge in [-0.25, -0.2) is 0 Å². The molecule has 0 fully saturated rings. The molecule has 0 bridgehead atoms. The molecule has 0 amide bonds. The molecule has 1 aromatic carbocycles. The molecule has 1 rings (SSSR count). The zero-order valence-electron chi connectivity index (χ0n) is 6.63. The minimum Gasteiger partial charge on any atom is -0.399 e. The van der Waals surface area contributed by atoms with E-state index >= 15 is 0 Å². The number of benzene rings is 1. The van der Waals surface area contributed by atoms with E-state index in [-0.39, 0.29) is 0 Å². The third-order valence-corrected chi connectivity index (χ3v) is 5.94. The highest BCUT2D eigenvalue weighted by molar-refractivity contribution is 9.29. The number of hydrogen-bond acceptors (Lipinski definition) is 1. The maximum atomic E-state index is 5.36. The molecule has 0 aliphatic heterocycles. The van der Waals surface area contributed by atoms with Crippen LogP contribution in [0, 0.1) is 0 Å². The molecule has 0 aliphatic rings. The van der Waals surface area contributed by atoms with Crippen LogP contribution < -0.4 is 5.73 Å². The minimum atomic E-state index is 0.310. The number of nitrogens with two attached hydrogens (primary N) is 1. The van der Waals surface area contributed by atoms with Gasteiger partial charge in [0.05, 0.1) is 7.47 Å². The average molecular weight is 439 g/mol. The van der Waals surface area contributed by atoms with E-state index in [9.17, 15) is 0 Å². The molecule has 0 radical (unpaired) electrons. The van der Waals surface area contributed by atoms with E-state index in [4.69, 9.17) is 5.73 Å². The normalized spacial score (nSPS) is 9.69. The van der Waals surface area contributed by atoms with Crippen molar-refractivity contribution in [1.29, 1.82) is 0 Å². The maximum absolute atomic E-state index is 5.36. The molecule has 0 spiro atoms. The molecular weight excluding hydrogens is 430 g/mol. The first-order valence-corrected chi connectivity index (χ1v) is 7.07. The highest BCUT2D eigenvalue weighted by atomic mass is 79.9. The molecular formula is C8H9Br4N. The molecule has 74 valence electrons. The zero-order chi connectivity index (χ0) is 10.3. The first kappa shape index (κ1) is 13.9. The lowest BCUT2D eigenvalue weighted by molar-refractivity contribution is 1.46. The molecule has 0 aliphatic carbocycles. The first-order valence-electron chi connectivity index (χ1n) is 3.41. The van der Waals surface area contributed by atoms with Gasteiger partial charge >= 0.3 is 0 Å². The van der Waals surface area contributed by atoms with Crippen molar-refractivity contribution in [2.24, 2.45) is 0 Å². The standard InChI is InChI=1S/C6H7N.C2H2Br4/c7-6-4-2-1-3-5-6;3-1(4)2(5)6/h1-5H,7H2;1-2H. The SMILES string of the molecule is BrC(Br)C(Br)Br.Nc1ccccc1. The summed E-state index contributed by atoms with van der Waals surface area (Å²) in [5.74, 6) is 0. The van der Waals surface area contributed by atoms with Crippen LogP contribution in [0.4, 0.5) is 5.69 Å². The Bertz CT molecular complexity index is 207. The van der Waals surface area contributed by atoms with Crippen molar-refractivity contribution in [2.45, 2.75) is 7.47 Å². The Balaban J connectivity index is 0.000000226. The highest BCUT2D eigenvalue weighted by Crippen LogP contribution is 2.24. The van der Waals surface area contributed by atoms with Crippen LogP contribution in [0.2, 0.25) is 0 Å². The van der Waals surface area contributed by atoms with Gasteiger partial charge in [-0.1, -0.05) is 81.9 Å². The average Bonchev–Trinajstić information content (AvgIpc) is 2.06. The molecule has 5 heteroatoms. The van der Waals surface area contributed by atoms with E-state index < -0.39 is 0 Å². The lowest BCUT2D eigenvalue weighted by Crippen LogP contribution is -1.93. The van der Waals surface area contributed by atoms with Crippen LogP contribution in [0.15, 0.2) is 30.3 Å². The van der Waals surface area contributed by atoms with E-state index in [0.717, 1.165) is 5.69 Å². The number of anilines is 1. The number of rotatable bonds is 1. The van der Waals surface area contributed by atoms with Crippen LogP contribution in [0.1, 0.15) is 0 Å². The monoisotopic (exact) mass is 435 g/mol. The fraction of sp³-hybridized carbons (Fsp3) is 0.250. The minimum absolute atomic E-state index is 0.310. The molecule has 0 heterocycles. The summed E-state index contributed by atoms with van der Waals surface area (Å²) in [5, 5.41) is 0. The fourth-order valence-electron chi connectivity index (χ4n) is 0.453. The second-order valence-electron chi connectivity index (χ2n) is 2.08. The van der Waals surface area contributed by atoms with Gasteiger partial charge in [0.15, 0.2) is 0 Å². The molecule has 1 nitrogen and oxygen atoms in total. The van der Waals surface area contributed by atoms with Gasteiger partial charge in [-0.15, -0.1) is 0 Å². The van der Waals surface area contributed by atoms with Gasteiger partial charge in [0.1, 0.15) is 0 Å². The Morgan fingerprint density at radius 2 is 1.23 bits per heavy atom. The zero-order valence-corrected chi connectivity index (χ0v) is 13.0. The Morgan fingerprint density at radius 1 is 0.846 bits per heavy atom. The van der Waals surface area contributed by atoms with Gasteiger partial charge in [-0.2, -0.15) is 0 Å². The molecule has 0 atom stereocenters. The van der Waals surface area contributed by atoms with Gasteiger partial charge in [0.2, 0.25) is 0 Å². The summed E-state index contributed by atoms with van der Waals surface area (Å²) in [7, 11) is 0. The molecule has 0 saturated carbocycles. The van der Waals surface area contributed by atoms with E-state index in [1.54, 1.807) is 0 Å². The smallest absolute Gasteiger partial charge is 0.0920 e. The van der Waals surface area contributed by atoms with E-state index in [0.29, 0.717) is 7.47 Å². The van der Waals surface area contributed by atoms with Crippen LogP contribution in [-0.2, 0) is 0 Å². The summed E-state index contributed by atoms with van der Waals surface area (Å²) in [6.45, 7) is 0. The second kappa shape index (κ2) is 8.26. The van der Waals surface area contributed by atoms with Crippen LogP contribution in [0.3, 0.4) is 0 Å². The van der Waals surface area contributed by atoms with Gasteiger partial charge in [-0.05, 0) is 12.1 Å². The van der Waals surface area contributed by atoms with E-state index in [1.807, 2.05) is 30.3 Å².